The first-order chi connectivity index (χ1) is 10.2. The third kappa shape index (κ3) is 4.72. The summed E-state index contributed by atoms with van der Waals surface area (Å²) in [5.74, 6) is 3.21. The molecule has 21 heavy (non-hydrogen) atoms. The van der Waals surface area contributed by atoms with Gasteiger partial charge in [0.2, 0.25) is 5.89 Å². The van der Waals surface area contributed by atoms with Crippen molar-refractivity contribution in [2.45, 2.75) is 46.5 Å². The molecule has 0 amide bonds. The Morgan fingerprint density at radius 1 is 1.48 bits per heavy atom. The summed E-state index contributed by atoms with van der Waals surface area (Å²) in [5.41, 5.74) is 0. The summed E-state index contributed by atoms with van der Waals surface area (Å²) >= 11 is 0. The Labute approximate surface area is 127 Å². The van der Waals surface area contributed by atoms with Crippen LogP contribution in [0, 0.1) is 5.92 Å². The van der Waals surface area contributed by atoms with Gasteiger partial charge in [-0.15, -0.1) is 0 Å². The maximum absolute atomic E-state index is 5.11. The Bertz CT molecular complexity index is 457. The smallest absolute Gasteiger partial charge is 0.226 e. The lowest BCUT2D eigenvalue weighted by Crippen LogP contribution is -2.46. The number of rotatable bonds is 5. The quantitative estimate of drug-likeness (QED) is 0.663. The van der Waals surface area contributed by atoms with Crippen LogP contribution in [0.3, 0.4) is 0 Å². The normalized spacial score (nSPS) is 19.9. The summed E-state index contributed by atoms with van der Waals surface area (Å²) in [4.78, 5) is 11.4. The molecule has 2 rings (SSSR count). The van der Waals surface area contributed by atoms with Crippen LogP contribution in [-0.2, 0) is 12.8 Å². The number of aliphatic imine (C=N–C) groups is 1. The van der Waals surface area contributed by atoms with Crippen LogP contribution >= 0.6 is 0 Å². The standard InChI is InChI=1S/C15H27N5O/c1-4-14-18-13(19-21-14)8-9-17-15(16-5-2)20-10-6-7-12(3)11-20/h12H,4-11H2,1-3H3,(H,16,17). The summed E-state index contributed by atoms with van der Waals surface area (Å²) in [7, 11) is 0. The number of piperidine rings is 1. The molecule has 1 atom stereocenters. The van der Waals surface area contributed by atoms with E-state index in [0.717, 1.165) is 50.2 Å². The van der Waals surface area contributed by atoms with Crippen LogP contribution in [0.15, 0.2) is 9.52 Å². The molecule has 0 aliphatic carbocycles. The number of aryl methyl sites for hydroxylation is 1. The molecular weight excluding hydrogens is 266 g/mol. The number of nitrogens with zero attached hydrogens (tertiary/aromatic N) is 4. The van der Waals surface area contributed by atoms with E-state index in [-0.39, 0.29) is 0 Å². The van der Waals surface area contributed by atoms with E-state index in [2.05, 4.69) is 34.2 Å². The van der Waals surface area contributed by atoms with Crippen molar-refractivity contribution in [3.8, 4) is 0 Å². The molecule has 2 heterocycles. The molecular formula is C15H27N5O. The molecule has 0 aromatic carbocycles. The fourth-order valence-corrected chi connectivity index (χ4v) is 2.60. The summed E-state index contributed by atoms with van der Waals surface area (Å²) in [6.07, 6.45) is 4.07. The van der Waals surface area contributed by atoms with Crippen molar-refractivity contribution >= 4 is 5.96 Å². The van der Waals surface area contributed by atoms with E-state index in [1.165, 1.54) is 12.8 Å². The van der Waals surface area contributed by atoms with Gasteiger partial charge < -0.3 is 14.7 Å². The molecule has 1 fully saturated rings. The first-order valence-electron chi connectivity index (χ1n) is 8.07. The molecule has 0 saturated carbocycles. The fraction of sp³-hybridized carbons (Fsp3) is 0.800. The monoisotopic (exact) mass is 293 g/mol. The summed E-state index contributed by atoms with van der Waals surface area (Å²) in [6.45, 7) is 10.2. The maximum atomic E-state index is 5.11. The predicted octanol–water partition coefficient (Wildman–Crippen LogP) is 1.87. The van der Waals surface area contributed by atoms with Crippen LogP contribution < -0.4 is 5.32 Å². The van der Waals surface area contributed by atoms with Gasteiger partial charge in [0, 0.05) is 39.0 Å². The predicted molar refractivity (Wildman–Crippen MR) is 83.3 cm³/mol. The van der Waals surface area contributed by atoms with Crippen molar-refractivity contribution in [1.29, 1.82) is 0 Å². The molecule has 1 N–H and O–H groups in total. The summed E-state index contributed by atoms with van der Waals surface area (Å²) in [5, 5.41) is 7.35. The first-order valence-corrected chi connectivity index (χ1v) is 8.07. The SMILES string of the molecule is CCNC(=NCCc1noc(CC)n1)N1CCCC(C)C1. The molecule has 1 aromatic rings. The van der Waals surface area contributed by atoms with Gasteiger partial charge in [-0.3, -0.25) is 4.99 Å². The number of hydrogen-bond acceptors (Lipinski definition) is 4. The molecule has 6 heteroatoms. The number of hydrogen-bond donors (Lipinski definition) is 1. The van der Waals surface area contributed by atoms with Crippen molar-refractivity contribution in [3.63, 3.8) is 0 Å². The molecule has 1 aliphatic rings. The van der Waals surface area contributed by atoms with E-state index in [9.17, 15) is 0 Å². The Hall–Kier alpha value is -1.59. The Morgan fingerprint density at radius 3 is 3.00 bits per heavy atom. The second-order valence-corrected chi connectivity index (χ2v) is 5.64. The van der Waals surface area contributed by atoms with Crippen LogP contribution in [0.25, 0.3) is 0 Å². The van der Waals surface area contributed by atoms with Crippen molar-refractivity contribution in [2.24, 2.45) is 10.9 Å². The van der Waals surface area contributed by atoms with Crippen LogP contribution in [0.4, 0.5) is 0 Å². The Kier molecular flexibility index (Phi) is 6.02. The highest BCUT2D eigenvalue weighted by molar-refractivity contribution is 5.80. The van der Waals surface area contributed by atoms with Gasteiger partial charge in [-0.05, 0) is 25.7 Å². The molecule has 6 nitrogen and oxygen atoms in total. The average molecular weight is 293 g/mol. The number of guanidine groups is 1. The van der Waals surface area contributed by atoms with E-state index >= 15 is 0 Å². The zero-order valence-corrected chi connectivity index (χ0v) is 13.4. The van der Waals surface area contributed by atoms with Crippen LogP contribution in [0.1, 0.15) is 45.3 Å². The Balaban J connectivity index is 1.90. The molecule has 0 bridgehead atoms. The van der Waals surface area contributed by atoms with E-state index in [1.807, 2.05) is 6.92 Å². The summed E-state index contributed by atoms with van der Waals surface area (Å²) in [6, 6.07) is 0. The minimum absolute atomic E-state index is 0.690. The van der Waals surface area contributed by atoms with Crippen LogP contribution in [0.2, 0.25) is 0 Å². The van der Waals surface area contributed by atoms with E-state index in [4.69, 9.17) is 9.52 Å². The van der Waals surface area contributed by atoms with Gasteiger partial charge in [0.05, 0.1) is 0 Å². The first kappa shape index (κ1) is 15.8. The van der Waals surface area contributed by atoms with Crippen molar-refractivity contribution in [1.82, 2.24) is 20.4 Å². The van der Waals surface area contributed by atoms with Gasteiger partial charge in [-0.1, -0.05) is 19.0 Å². The number of nitrogens with one attached hydrogen (secondary N) is 1. The lowest BCUT2D eigenvalue weighted by atomic mass is 10.0. The second kappa shape index (κ2) is 8.00. The highest BCUT2D eigenvalue weighted by Gasteiger charge is 2.19. The number of aromatic nitrogens is 2. The van der Waals surface area contributed by atoms with E-state index in [1.54, 1.807) is 0 Å². The molecule has 0 spiro atoms. The lowest BCUT2D eigenvalue weighted by Gasteiger charge is -2.33. The second-order valence-electron chi connectivity index (χ2n) is 5.64. The van der Waals surface area contributed by atoms with Gasteiger partial charge in [0.25, 0.3) is 0 Å². The lowest BCUT2D eigenvalue weighted by molar-refractivity contribution is 0.266. The third-order valence-corrected chi connectivity index (χ3v) is 3.70. The van der Waals surface area contributed by atoms with Crippen molar-refractivity contribution in [3.05, 3.63) is 11.7 Å². The van der Waals surface area contributed by atoms with Gasteiger partial charge >= 0.3 is 0 Å². The van der Waals surface area contributed by atoms with E-state index in [0.29, 0.717) is 12.4 Å². The molecule has 1 aliphatic heterocycles. The molecule has 1 saturated heterocycles. The van der Waals surface area contributed by atoms with Crippen LogP contribution in [-0.4, -0.2) is 47.2 Å². The van der Waals surface area contributed by atoms with E-state index < -0.39 is 0 Å². The highest BCUT2D eigenvalue weighted by atomic mass is 16.5. The summed E-state index contributed by atoms with van der Waals surface area (Å²) < 4.78 is 5.11. The highest BCUT2D eigenvalue weighted by Crippen LogP contribution is 2.15. The minimum atomic E-state index is 0.690. The van der Waals surface area contributed by atoms with Gasteiger partial charge in [0.1, 0.15) is 0 Å². The fourth-order valence-electron chi connectivity index (χ4n) is 2.60. The average Bonchev–Trinajstić information content (AvgIpc) is 2.94. The van der Waals surface area contributed by atoms with Gasteiger partial charge in [0.15, 0.2) is 11.8 Å². The third-order valence-electron chi connectivity index (χ3n) is 3.70. The molecule has 1 unspecified atom stereocenters. The Morgan fingerprint density at radius 2 is 2.33 bits per heavy atom. The van der Waals surface area contributed by atoms with Crippen LogP contribution in [0.5, 0.6) is 0 Å². The van der Waals surface area contributed by atoms with Gasteiger partial charge in [-0.25, -0.2) is 0 Å². The van der Waals surface area contributed by atoms with Gasteiger partial charge in [-0.2, -0.15) is 4.98 Å². The minimum Gasteiger partial charge on any atom is -0.357 e. The van der Waals surface area contributed by atoms with Crippen molar-refractivity contribution in [2.75, 3.05) is 26.2 Å². The topological polar surface area (TPSA) is 66.5 Å². The zero-order chi connectivity index (χ0) is 15.1. The van der Waals surface area contributed by atoms with Crippen molar-refractivity contribution < 1.29 is 4.52 Å². The molecule has 1 aromatic heterocycles. The molecule has 0 radical (unpaired) electrons. The number of likely N-dealkylation sites (tertiary alicyclic amines) is 1. The largest absolute Gasteiger partial charge is 0.357 e. The maximum Gasteiger partial charge on any atom is 0.226 e. The zero-order valence-electron chi connectivity index (χ0n) is 13.4. The molecule has 118 valence electrons.